The van der Waals surface area contributed by atoms with Crippen molar-refractivity contribution in [1.82, 2.24) is 15.6 Å². The van der Waals surface area contributed by atoms with E-state index >= 15 is 0 Å². The first-order valence-corrected chi connectivity index (χ1v) is 9.85. The standard InChI is InChI=1S/C21H29N3O2/c1-15-5-7-16(8-6-15)21-24-17(13-26-21)9-10-22-19-4-2-3-18(19)20-14-25-12-11-23-20/h5-8,13,18-20,22-23H,2-4,9-12,14H2,1H3. The molecule has 1 aromatic heterocycles. The van der Waals surface area contributed by atoms with Crippen LogP contribution in [0.15, 0.2) is 34.9 Å². The molecule has 2 aliphatic rings. The van der Waals surface area contributed by atoms with Crippen molar-refractivity contribution < 1.29 is 9.15 Å². The van der Waals surface area contributed by atoms with E-state index in [-0.39, 0.29) is 0 Å². The van der Waals surface area contributed by atoms with Crippen LogP contribution in [-0.4, -0.2) is 43.4 Å². The zero-order chi connectivity index (χ0) is 17.8. The lowest BCUT2D eigenvalue weighted by Gasteiger charge is -2.33. The Morgan fingerprint density at radius 1 is 1.23 bits per heavy atom. The van der Waals surface area contributed by atoms with Gasteiger partial charge in [0.15, 0.2) is 0 Å². The predicted molar refractivity (Wildman–Crippen MR) is 102 cm³/mol. The number of aromatic nitrogens is 1. The number of hydrogen-bond acceptors (Lipinski definition) is 5. The third-order valence-electron chi connectivity index (χ3n) is 5.67. The molecular formula is C21H29N3O2. The van der Waals surface area contributed by atoms with Crippen LogP contribution in [-0.2, 0) is 11.2 Å². The lowest BCUT2D eigenvalue weighted by Crippen LogP contribution is -2.51. The first-order chi connectivity index (χ1) is 12.8. The summed E-state index contributed by atoms with van der Waals surface area (Å²) in [5.41, 5.74) is 3.30. The Balaban J connectivity index is 1.28. The molecule has 0 bridgehead atoms. The van der Waals surface area contributed by atoms with E-state index < -0.39 is 0 Å². The first kappa shape index (κ1) is 17.7. The molecule has 0 spiro atoms. The van der Waals surface area contributed by atoms with Gasteiger partial charge in [0, 0.05) is 37.2 Å². The van der Waals surface area contributed by atoms with Crippen LogP contribution in [0.5, 0.6) is 0 Å². The second-order valence-electron chi connectivity index (χ2n) is 7.55. The van der Waals surface area contributed by atoms with Crippen molar-refractivity contribution in [3.05, 3.63) is 41.8 Å². The van der Waals surface area contributed by atoms with Crippen LogP contribution >= 0.6 is 0 Å². The summed E-state index contributed by atoms with van der Waals surface area (Å²) in [7, 11) is 0. The van der Waals surface area contributed by atoms with Crippen LogP contribution in [0, 0.1) is 12.8 Å². The van der Waals surface area contributed by atoms with Crippen LogP contribution in [0.3, 0.4) is 0 Å². The molecule has 2 N–H and O–H groups in total. The van der Waals surface area contributed by atoms with Gasteiger partial charge >= 0.3 is 0 Å². The highest BCUT2D eigenvalue weighted by Gasteiger charge is 2.34. The Morgan fingerprint density at radius 2 is 2.12 bits per heavy atom. The van der Waals surface area contributed by atoms with Crippen molar-refractivity contribution >= 4 is 0 Å². The number of rotatable bonds is 6. The van der Waals surface area contributed by atoms with Crippen molar-refractivity contribution in [1.29, 1.82) is 0 Å². The molecule has 4 rings (SSSR count). The third kappa shape index (κ3) is 4.17. The Labute approximate surface area is 155 Å². The Morgan fingerprint density at radius 3 is 2.92 bits per heavy atom. The van der Waals surface area contributed by atoms with Crippen LogP contribution in [0.25, 0.3) is 11.5 Å². The SMILES string of the molecule is Cc1ccc(-c2nc(CCNC3CCCC3C3COCCN3)co2)cc1. The van der Waals surface area contributed by atoms with Gasteiger partial charge in [-0.15, -0.1) is 0 Å². The maximum absolute atomic E-state index is 5.66. The number of morpholine rings is 1. The highest BCUT2D eigenvalue weighted by molar-refractivity contribution is 5.53. The number of nitrogens with one attached hydrogen (secondary N) is 2. The summed E-state index contributed by atoms with van der Waals surface area (Å²) in [5.74, 6) is 1.39. The minimum Gasteiger partial charge on any atom is -0.444 e. The lowest BCUT2D eigenvalue weighted by molar-refractivity contribution is 0.0526. The average molecular weight is 355 g/mol. The molecule has 1 aliphatic heterocycles. The van der Waals surface area contributed by atoms with E-state index in [1.54, 1.807) is 6.26 Å². The van der Waals surface area contributed by atoms with Crippen molar-refractivity contribution in [2.75, 3.05) is 26.3 Å². The third-order valence-corrected chi connectivity index (χ3v) is 5.67. The largest absolute Gasteiger partial charge is 0.444 e. The van der Waals surface area contributed by atoms with Gasteiger partial charge in [-0.25, -0.2) is 4.98 Å². The number of nitrogens with zero attached hydrogens (tertiary/aromatic N) is 1. The van der Waals surface area contributed by atoms with E-state index in [1.165, 1.54) is 24.8 Å². The zero-order valence-electron chi connectivity index (χ0n) is 15.5. The number of hydrogen-bond donors (Lipinski definition) is 2. The highest BCUT2D eigenvalue weighted by atomic mass is 16.5. The van der Waals surface area contributed by atoms with Crippen LogP contribution in [0.4, 0.5) is 0 Å². The van der Waals surface area contributed by atoms with E-state index in [2.05, 4.69) is 46.8 Å². The molecule has 3 unspecified atom stereocenters. The van der Waals surface area contributed by atoms with E-state index in [4.69, 9.17) is 9.15 Å². The van der Waals surface area contributed by atoms with Gasteiger partial charge in [0.05, 0.1) is 18.9 Å². The molecule has 2 aromatic rings. The van der Waals surface area contributed by atoms with Gasteiger partial charge < -0.3 is 19.8 Å². The second kappa shape index (κ2) is 8.33. The molecule has 2 fully saturated rings. The Bertz CT molecular complexity index is 692. The molecule has 5 nitrogen and oxygen atoms in total. The van der Waals surface area contributed by atoms with E-state index in [0.29, 0.717) is 23.9 Å². The summed E-state index contributed by atoms with van der Waals surface area (Å²) in [6, 6.07) is 9.38. The molecule has 1 saturated heterocycles. The smallest absolute Gasteiger partial charge is 0.226 e. The van der Waals surface area contributed by atoms with Crippen LogP contribution < -0.4 is 10.6 Å². The van der Waals surface area contributed by atoms with Gasteiger partial charge in [0.1, 0.15) is 6.26 Å². The van der Waals surface area contributed by atoms with Gasteiger partial charge in [-0.05, 0) is 37.8 Å². The van der Waals surface area contributed by atoms with Gasteiger partial charge in [0.2, 0.25) is 5.89 Å². The van der Waals surface area contributed by atoms with Gasteiger partial charge in [-0.2, -0.15) is 0 Å². The summed E-state index contributed by atoms with van der Waals surface area (Å²) < 4.78 is 11.3. The second-order valence-corrected chi connectivity index (χ2v) is 7.55. The number of aryl methyl sites for hydroxylation is 1. The monoisotopic (exact) mass is 355 g/mol. The molecule has 3 atom stereocenters. The van der Waals surface area contributed by atoms with E-state index in [1.807, 2.05) is 0 Å². The average Bonchev–Trinajstić information content (AvgIpc) is 3.33. The molecule has 26 heavy (non-hydrogen) atoms. The molecule has 0 amide bonds. The molecule has 5 heteroatoms. The van der Waals surface area contributed by atoms with Crippen LogP contribution in [0.1, 0.15) is 30.5 Å². The highest BCUT2D eigenvalue weighted by Crippen LogP contribution is 2.29. The van der Waals surface area contributed by atoms with Gasteiger partial charge in [0.25, 0.3) is 0 Å². The number of ether oxygens (including phenoxy) is 1. The van der Waals surface area contributed by atoms with Crippen molar-refractivity contribution in [2.24, 2.45) is 5.92 Å². The van der Waals surface area contributed by atoms with Crippen molar-refractivity contribution in [3.8, 4) is 11.5 Å². The summed E-state index contributed by atoms with van der Waals surface area (Å²) in [6.07, 6.45) is 6.55. The minimum absolute atomic E-state index is 0.504. The summed E-state index contributed by atoms with van der Waals surface area (Å²) in [5, 5.41) is 7.39. The zero-order valence-corrected chi connectivity index (χ0v) is 15.5. The molecular weight excluding hydrogens is 326 g/mol. The fourth-order valence-electron chi connectivity index (χ4n) is 4.22. The molecule has 140 valence electrons. The van der Waals surface area contributed by atoms with Crippen molar-refractivity contribution in [3.63, 3.8) is 0 Å². The topological polar surface area (TPSA) is 59.3 Å². The summed E-state index contributed by atoms with van der Waals surface area (Å²) in [6.45, 7) is 5.70. The Hall–Kier alpha value is -1.69. The molecule has 2 heterocycles. The fourth-order valence-corrected chi connectivity index (χ4v) is 4.22. The van der Waals surface area contributed by atoms with Gasteiger partial charge in [-0.3, -0.25) is 0 Å². The quantitative estimate of drug-likeness (QED) is 0.834. The van der Waals surface area contributed by atoms with Crippen LogP contribution in [0.2, 0.25) is 0 Å². The number of benzene rings is 1. The normalized spacial score (nSPS) is 26.3. The maximum Gasteiger partial charge on any atom is 0.226 e. The predicted octanol–water partition coefficient (Wildman–Crippen LogP) is 2.94. The fraction of sp³-hybridized carbons (Fsp3) is 0.571. The molecule has 1 saturated carbocycles. The molecule has 1 aliphatic carbocycles. The summed E-state index contributed by atoms with van der Waals surface area (Å²) >= 11 is 0. The van der Waals surface area contributed by atoms with Gasteiger partial charge in [-0.1, -0.05) is 24.1 Å². The maximum atomic E-state index is 5.66. The molecule has 0 radical (unpaired) electrons. The summed E-state index contributed by atoms with van der Waals surface area (Å²) in [4.78, 5) is 4.64. The Kier molecular flexibility index (Phi) is 5.68. The molecule has 1 aromatic carbocycles. The first-order valence-electron chi connectivity index (χ1n) is 9.85. The van der Waals surface area contributed by atoms with E-state index in [0.717, 1.165) is 44.0 Å². The van der Waals surface area contributed by atoms with Crippen molar-refractivity contribution in [2.45, 2.75) is 44.7 Å². The minimum atomic E-state index is 0.504. The van der Waals surface area contributed by atoms with E-state index in [9.17, 15) is 0 Å². The number of oxazole rings is 1. The lowest BCUT2D eigenvalue weighted by atomic mass is 9.94.